The topological polar surface area (TPSA) is 89.3 Å². The van der Waals surface area contributed by atoms with Gasteiger partial charge in [-0.05, 0) is 24.2 Å². The first-order valence-electron chi connectivity index (χ1n) is 6.95. The van der Waals surface area contributed by atoms with E-state index in [0.717, 1.165) is 30.4 Å². The molecule has 7 heteroatoms. The fourth-order valence-electron chi connectivity index (χ4n) is 2.55. The fraction of sp³-hybridized carbons (Fsp3) is 0.643. The fourth-order valence-corrected chi connectivity index (χ4v) is 5.01. The number of nitrogen functional groups attached to an aromatic ring is 1. The Morgan fingerprint density at radius 1 is 1.43 bits per heavy atom. The van der Waals surface area contributed by atoms with Crippen LogP contribution < -0.4 is 11.1 Å². The van der Waals surface area contributed by atoms with Gasteiger partial charge in [0, 0.05) is 19.7 Å². The van der Waals surface area contributed by atoms with E-state index in [1.807, 2.05) is 0 Å². The third kappa shape index (κ3) is 3.08. The predicted octanol–water partition coefficient (Wildman–Crippen LogP) is 2.78. The molecule has 1 saturated carbocycles. The Morgan fingerprint density at radius 3 is 2.38 bits per heavy atom. The van der Waals surface area contributed by atoms with Crippen molar-refractivity contribution >= 4 is 37.6 Å². The molecule has 0 radical (unpaired) electrons. The molecule has 1 aromatic rings. The minimum atomic E-state index is -3.47. The molecule has 0 saturated heterocycles. The van der Waals surface area contributed by atoms with E-state index in [-0.39, 0.29) is 21.8 Å². The zero-order valence-corrected chi connectivity index (χ0v) is 14.5. The van der Waals surface area contributed by atoms with Crippen molar-refractivity contribution in [2.24, 2.45) is 11.3 Å². The standard InChI is InChI=1S/C14H22N2O3S2/c1-8(2)14(5-6-14)7-16-13-12(21(4,18)19)10(15)11(20-13)9(3)17/h8,16H,5-7,15H2,1-4H3. The summed E-state index contributed by atoms with van der Waals surface area (Å²) in [4.78, 5) is 12.0. The highest BCUT2D eigenvalue weighted by Crippen LogP contribution is 2.52. The lowest BCUT2D eigenvalue weighted by molar-refractivity contribution is 0.102. The molecular weight excluding hydrogens is 308 g/mol. The maximum absolute atomic E-state index is 12.0. The first kappa shape index (κ1) is 16.3. The van der Waals surface area contributed by atoms with Gasteiger partial charge < -0.3 is 11.1 Å². The molecule has 3 N–H and O–H groups in total. The lowest BCUT2D eigenvalue weighted by Crippen LogP contribution is -2.21. The van der Waals surface area contributed by atoms with Gasteiger partial charge in [0.15, 0.2) is 15.6 Å². The molecule has 0 unspecified atom stereocenters. The Labute approximate surface area is 129 Å². The van der Waals surface area contributed by atoms with Crippen molar-refractivity contribution in [3.63, 3.8) is 0 Å². The van der Waals surface area contributed by atoms with Gasteiger partial charge >= 0.3 is 0 Å². The van der Waals surface area contributed by atoms with Gasteiger partial charge in [-0.25, -0.2) is 8.42 Å². The van der Waals surface area contributed by atoms with Crippen LogP contribution in [0.2, 0.25) is 0 Å². The summed E-state index contributed by atoms with van der Waals surface area (Å²) in [6, 6.07) is 0. The first-order chi connectivity index (χ1) is 9.58. The largest absolute Gasteiger partial charge is 0.396 e. The number of sulfone groups is 1. The molecule has 0 bridgehead atoms. The lowest BCUT2D eigenvalue weighted by Gasteiger charge is -2.20. The third-order valence-electron chi connectivity index (χ3n) is 4.31. The second-order valence-electron chi connectivity index (χ2n) is 6.20. The maximum atomic E-state index is 12.0. The Morgan fingerprint density at radius 2 is 2.00 bits per heavy atom. The van der Waals surface area contributed by atoms with Crippen LogP contribution in [0.1, 0.15) is 43.3 Å². The second kappa shape index (κ2) is 5.28. The number of nitrogens with two attached hydrogens (primary N) is 1. The summed E-state index contributed by atoms with van der Waals surface area (Å²) in [6.07, 6.45) is 3.41. The monoisotopic (exact) mass is 330 g/mol. The van der Waals surface area contributed by atoms with Gasteiger partial charge in [-0.1, -0.05) is 13.8 Å². The Bertz CT molecular complexity index is 671. The van der Waals surface area contributed by atoms with Crippen molar-refractivity contribution in [1.29, 1.82) is 0 Å². The molecule has 21 heavy (non-hydrogen) atoms. The van der Waals surface area contributed by atoms with Gasteiger partial charge in [-0.2, -0.15) is 0 Å². The van der Waals surface area contributed by atoms with Gasteiger partial charge in [0.1, 0.15) is 9.90 Å². The molecule has 0 aromatic carbocycles. The first-order valence-corrected chi connectivity index (χ1v) is 9.66. The van der Waals surface area contributed by atoms with E-state index in [4.69, 9.17) is 5.73 Å². The van der Waals surface area contributed by atoms with Crippen molar-refractivity contribution in [2.45, 2.75) is 38.5 Å². The van der Waals surface area contributed by atoms with Crippen LogP contribution in [-0.4, -0.2) is 27.0 Å². The normalized spacial score (nSPS) is 17.0. The van der Waals surface area contributed by atoms with Gasteiger partial charge in [-0.15, -0.1) is 11.3 Å². The van der Waals surface area contributed by atoms with Crippen molar-refractivity contribution < 1.29 is 13.2 Å². The molecule has 2 rings (SSSR count). The molecule has 1 heterocycles. The molecule has 0 amide bonds. The average molecular weight is 330 g/mol. The van der Waals surface area contributed by atoms with Crippen LogP contribution in [-0.2, 0) is 9.84 Å². The molecule has 1 aromatic heterocycles. The van der Waals surface area contributed by atoms with Gasteiger partial charge in [0.25, 0.3) is 0 Å². The van der Waals surface area contributed by atoms with Gasteiger partial charge in [0.05, 0.1) is 10.6 Å². The van der Waals surface area contributed by atoms with Crippen LogP contribution in [0.4, 0.5) is 10.7 Å². The molecule has 118 valence electrons. The number of thiophene rings is 1. The number of hydrogen-bond donors (Lipinski definition) is 2. The summed E-state index contributed by atoms with van der Waals surface area (Å²) in [5, 5.41) is 3.72. The zero-order valence-electron chi connectivity index (χ0n) is 12.8. The number of Topliss-reactive ketones (excluding diaryl/α,β-unsaturated/α-hetero) is 1. The molecule has 1 aliphatic carbocycles. The predicted molar refractivity (Wildman–Crippen MR) is 86.8 cm³/mol. The van der Waals surface area contributed by atoms with Crippen molar-refractivity contribution in [2.75, 3.05) is 23.9 Å². The number of carbonyl (C=O) groups excluding carboxylic acids is 1. The Hall–Kier alpha value is -1.08. The van der Waals surface area contributed by atoms with E-state index in [0.29, 0.717) is 22.3 Å². The van der Waals surface area contributed by atoms with E-state index in [1.165, 1.54) is 6.92 Å². The number of ketones is 1. The summed E-state index contributed by atoms with van der Waals surface area (Å²) in [7, 11) is -3.47. The molecule has 0 atom stereocenters. The zero-order chi connectivity index (χ0) is 16.0. The molecule has 1 aliphatic rings. The smallest absolute Gasteiger partial charge is 0.180 e. The SMILES string of the molecule is CC(=O)c1sc(NCC2(C(C)C)CC2)c(S(C)(=O)=O)c1N. The molecular formula is C14H22N2O3S2. The maximum Gasteiger partial charge on any atom is 0.180 e. The summed E-state index contributed by atoms with van der Waals surface area (Å²) in [5.41, 5.74) is 6.19. The molecule has 0 spiro atoms. The van der Waals surface area contributed by atoms with E-state index in [1.54, 1.807) is 0 Å². The molecule has 5 nitrogen and oxygen atoms in total. The van der Waals surface area contributed by atoms with Gasteiger partial charge in [-0.3, -0.25) is 4.79 Å². The minimum Gasteiger partial charge on any atom is -0.396 e. The van der Waals surface area contributed by atoms with Crippen LogP contribution in [0.3, 0.4) is 0 Å². The highest BCUT2D eigenvalue weighted by Gasteiger charge is 2.45. The van der Waals surface area contributed by atoms with Crippen molar-refractivity contribution in [3.8, 4) is 0 Å². The highest BCUT2D eigenvalue weighted by molar-refractivity contribution is 7.91. The number of nitrogens with one attached hydrogen (secondary N) is 1. The van der Waals surface area contributed by atoms with Crippen LogP contribution in [0.5, 0.6) is 0 Å². The number of rotatable bonds is 6. The molecule has 0 aliphatic heterocycles. The second-order valence-corrected chi connectivity index (χ2v) is 9.18. The van der Waals surface area contributed by atoms with Gasteiger partial charge in [0.2, 0.25) is 0 Å². The highest BCUT2D eigenvalue weighted by atomic mass is 32.2. The number of carbonyl (C=O) groups is 1. The quantitative estimate of drug-likeness (QED) is 0.783. The van der Waals surface area contributed by atoms with E-state index >= 15 is 0 Å². The average Bonchev–Trinajstić information content (AvgIpc) is 3.04. The lowest BCUT2D eigenvalue weighted by atomic mass is 9.92. The Balaban J connectivity index is 2.35. The third-order valence-corrected chi connectivity index (χ3v) is 6.87. The minimum absolute atomic E-state index is 0.0669. The molecule has 1 fully saturated rings. The summed E-state index contributed by atoms with van der Waals surface area (Å²) in [6.45, 7) is 6.46. The number of anilines is 2. The van der Waals surface area contributed by atoms with Crippen LogP contribution in [0.15, 0.2) is 4.90 Å². The summed E-state index contributed by atoms with van der Waals surface area (Å²) >= 11 is 1.14. The van der Waals surface area contributed by atoms with E-state index in [9.17, 15) is 13.2 Å². The van der Waals surface area contributed by atoms with Crippen molar-refractivity contribution in [1.82, 2.24) is 0 Å². The van der Waals surface area contributed by atoms with Crippen LogP contribution in [0, 0.1) is 11.3 Å². The van der Waals surface area contributed by atoms with E-state index < -0.39 is 9.84 Å². The summed E-state index contributed by atoms with van der Waals surface area (Å²) in [5.74, 6) is 0.330. The van der Waals surface area contributed by atoms with Crippen molar-refractivity contribution in [3.05, 3.63) is 4.88 Å². The Kier molecular flexibility index (Phi) is 4.10. The summed E-state index contributed by atoms with van der Waals surface area (Å²) < 4.78 is 23.9. The van der Waals surface area contributed by atoms with E-state index in [2.05, 4.69) is 19.2 Å². The van der Waals surface area contributed by atoms with Crippen LogP contribution >= 0.6 is 11.3 Å². The number of hydrogen-bond acceptors (Lipinski definition) is 6. The van der Waals surface area contributed by atoms with Crippen LogP contribution in [0.25, 0.3) is 0 Å².